The maximum absolute atomic E-state index is 12.7. The van der Waals surface area contributed by atoms with E-state index in [1.807, 2.05) is 13.0 Å². The number of carbonyl (C=O) groups excluding carboxylic acids is 1. The molecule has 1 amide bonds. The van der Waals surface area contributed by atoms with E-state index in [0.29, 0.717) is 4.88 Å². The fourth-order valence-electron chi connectivity index (χ4n) is 1.79. The lowest BCUT2D eigenvalue weighted by Gasteiger charge is -2.09. The summed E-state index contributed by atoms with van der Waals surface area (Å²) in [6.07, 6.45) is -3.70. The van der Waals surface area contributed by atoms with Crippen LogP contribution in [0.4, 0.5) is 13.2 Å². The molecule has 2 heterocycles. The smallest absolute Gasteiger partial charge is 0.344 e. The van der Waals surface area contributed by atoms with Crippen molar-refractivity contribution in [1.82, 2.24) is 15.3 Å². The molecule has 0 spiro atoms. The van der Waals surface area contributed by atoms with Gasteiger partial charge in [0, 0.05) is 10.6 Å². The summed E-state index contributed by atoms with van der Waals surface area (Å²) in [5.41, 5.74) is -0.801. The molecular weight excluding hydrogens is 315 g/mol. The first-order chi connectivity index (χ1) is 10.3. The van der Waals surface area contributed by atoms with Crippen LogP contribution in [0, 0.1) is 6.92 Å². The third-order valence-electron chi connectivity index (χ3n) is 2.83. The third kappa shape index (κ3) is 4.03. The summed E-state index contributed by atoms with van der Waals surface area (Å²) in [5.74, 6) is -0.406. The van der Waals surface area contributed by atoms with Crippen molar-refractivity contribution in [3.63, 3.8) is 0 Å². The Hall–Kier alpha value is -1.96. The zero-order valence-electron chi connectivity index (χ0n) is 12.0. The van der Waals surface area contributed by atoms with Crippen molar-refractivity contribution < 1.29 is 18.0 Å². The van der Waals surface area contributed by atoms with Crippen molar-refractivity contribution >= 4 is 17.2 Å². The molecule has 0 aliphatic heterocycles. The van der Waals surface area contributed by atoms with Crippen LogP contribution >= 0.6 is 11.3 Å². The number of halogens is 3. The van der Waals surface area contributed by atoms with Crippen molar-refractivity contribution in [2.75, 3.05) is 0 Å². The maximum Gasteiger partial charge on any atom is 0.433 e. The summed E-state index contributed by atoms with van der Waals surface area (Å²) >= 11 is 1.35. The lowest BCUT2D eigenvalue weighted by molar-refractivity contribution is -0.141. The molecule has 0 atom stereocenters. The number of aromatic nitrogens is 2. The third-order valence-corrected chi connectivity index (χ3v) is 4.06. The molecule has 0 fully saturated rings. The number of carbonyl (C=O) groups is 1. The minimum Gasteiger partial charge on any atom is -0.344 e. The minimum atomic E-state index is -4.53. The fourth-order valence-corrected chi connectivity index (χ4v) is 2.65. The van der Waals surface area contributed by atoms with Crippen LogP contribution in [0.25, 0.3) is 0 Å². The van der Waals surface area contributed by atoms with Gasteiger partial charge < -0.3 is 5.32 Å². The summed E-state index contributed by atoms with van der Waals surface area (Å²) in [6, 6.07) is 4.42. The molecule has 0 saturated carbocycles. The first kappa shape index (κ1) is 16.4. The van der Waals surface area contributed by atoms with Gasteiger partial charge in [-0.1, -0.05) is 6.92 Å². The number of hydrogen-bond donors (Lipinski definition) is 1. The molecular formula is C14H14F3N3OS. The van der Waals surface area contributed by atoms with Crippen molar-refractivity contribution in [3.05, 3.63) is 45.2 Å². The molecule has 0 aliphatic rings. The predicted molar refractivity (Wildman–Crippen MR) is 76.6 cm³/mol. The number of thiophene rings is 1. The van der Waals surface area contributed by atoms with E-state index in [1.165, 1.54) is 18.3 Å². The zero-order chi connectivity index (χ0) is 16.3. The van der Waals surface area contributed by atoms with Gasteiger partial charge in [0.1, 0.15) is 11.5 Å². The maximum atomic E-state index is 12.7. The lowest BCUT2D eigenvalue weighted by atomic mass is 10.3. The molecule has 2 aromatic heterocycles. The van der Waals surface area contributed by atoms with E-state index in [9.17, 15) is 18.0 Å². The Morgan fingerprint density at radius 3 is 2.64 bits per heavy atom. The van der Waals surface area contributed by atoms with E-state index in [2.05, 4.69) is 15.3 Å². The average molecular weight is 329 g/mol. The van der Waals surface area contributed by atoms with Crippen molar-refractivity contribution in [2.24, 2.45) is 0 Å². The van der Waals surface area contributed by atoms with Crippen molar-refractivity contribution in [1.29, 1.82) is 0 Å². The number of rotatable bonds is 4. The molecule has 0 radical (unpaired) electrons. The second-order valence-corrected chi connectivity index (χ2v) is 5.78. The normalized spacial score (nSPS) is 11.5. The molecule has 8 heteroatoms. The quantitative estimate of drug-likeness (QED) is 0.936. The van der Waals surface area contributed by atoms with Gasteiger partial charge in [0.2, 0.25) is 0 Å². The van der Waals surface area contributed by atoms with Gasteiger partial charge in [0.25, 0.3) is 5.91 Å². The second kappa shape index (κ2) is 6.43. The summed E-state index contributed by atoms with van der Waals surface area (Å²) in [6.45, 7) is 3.28. The number of nitrogens with zero attached hydrogens (tertiary/aromatic N) is 2. The topological polar surface area (TPSA) is 54.9 Å². The summed E-state index contributed by atoms with van der Waals surface area (Å²) in [5, 5.41) is 2.54. The molecule has 0 aromatic carbocycles. The van der Waals surface area contributed by atoms with Crippen molar-refractivity contribution in [2.45, 2.75) is 33.0 Å². The number of amides is 1. The van der Waals surface area contributed by atoms with E-state index in [0.717, 1.165) is 17.4 Å². The van der Waals surface area contributed by atoms with Crippen LogP contribution < -0.4 is 5.32 Å². The summed E-state index contributed by atoms with van der Waals surface area (Å²) in [7, 11) is 0. The molecule has 118 valence electrons. The van der Waals surface area contributed by atoms with E-state index < -0.39 is 11.9 Å². The first-order valence-electron chi connectivity index (χ1n) is 6.58. The minimum absolute atomic E-state index is 0.0621. The van der Waals surface area contributed by atoms with Crippen LogP contribution in [-0.2, 0) is 19.1 Å². The molecule has 0 saturated heterocycles. The molecule has 0 bridgehead atoms. The Kier molecular flexibility index (Phi) is 4.80. The molecule has 2 aromatic rings. The van der Waals surface area contributed by atoms with Gasteiger partial charge in [0.05, 0.1) is 11.4 Å². The number of alkyl halides is 3. The zero-order valence-corrected chi connectivity index (χ0v) is 12.8. The summed E-state index contributed by atoms with van der Waals surface area (Å²) in [4.78, 5) is 20.9. The Balaban J connectivity index is 2.08. The molecule has 0 aliphatic carbocycles. The van der Waals surface area contributed by atoms with Crippen LogP contribution in [0.2, 0.25) is 0 Å². The monoisotopic (exact) mass is 329 g/mol. The number of nitrogens with one attached hydrogen (secondary N) is 1. The van der Waals surface area contributed by atoms with Gasteiger partial charge in [-0.25, -0.2) is 9.97 Å². The Bertz CT molecular complexity index is 682. The largest absolute Gasteiger partial charge is 0.433 e. The van der Waals surface area contributed by atoms with Gasteiger partial charge >= 0.3 is 6.18 Å². The predicted octanol–water partition coefficient (Wildman–Crippen LogP) is 3.36. The van der Waals surface area contributed by atoms with Crippen molar-refractivity contribution in [3.8, 4) is 0 Å². The summed E-state index contributed by atoms with van der Waals surface area (Å²) < 4.78 is 38.0. The van der Waals surface area contributed by atoms with E-state index in [1.54, 1.807) is 6.07 Å². The van der Waals surface area contributed by atoms with Crippen LogP contribution in [-0.4, -0.2) is 15.9 Å². The van der Waals surface area contributed by atoms with Gasteiger partial charge in [-0.2, -0.15) is 13.2 Å². The SMILES string of the molecule is CCc1ccc(C(=O)NCc2nc(C)cc(C(F)(F)F)n2)s1. The van der Waals surface area contributed by atoms with Crippen LogP contribution in [0.3, 0.4) is 0 Å². The molecule has 1 N–H and O–H groups in total. The molecule has 4 nitrogen and oxygen atoms in total. The Morgan fingerprint density at radius 1 is 1.32 bits per heavy atom. The highest BCUT2D eigenvalue weighted by atomic mass is 32.1. The standard InChI is InChI=1S/C14H14F3N3OS/c1-3-9-4-5-10(22-9)13(21)18-7-12-19-8(2)6-11(20-12)14(15,16)17/h4-6H,3,7H2,1-2H3,(H,18,21). The van der Waals surface area contributed by atoms with Gasteiger partial charge in [-0.05, 0) is 31.5 Å². The van der Waals surface area contributed by atoms with Crippen LogP contribution in [0.15, 0.2) is 18.2 Å². The van der Waals surface area contributed by atoms with E-state index >= 15 is 0 Å². The Morgan fingerprint density at radius 2 is 2.05 bits per heavy atom. The number of hydrogen-bond acceptors (Lipinski definition) is 4. The van der Waals surface area contributed by atoms with Gasteiger partial charge in [0.15, 0.2) is 0 Å². The lowest BCUT2D eigenvalue weighted by Crippen LogP contribution is -2.24. The highest BCUT2D eigenvalue weighted by Gasteiger charge is 2.33. The van der Waals surface area contributed by atoms with Gasteiger partial charge in [-0.15, -0.1) is 11.3 Å². The van der Waals surface area contributed by atoms with Crippen LogP contribution in [0.5, 0.6) is 0 Å². The highest BCUT2D eigenvalue weighted by molar-refractivity contribution is 7.14. The Labute approximate surface area is 129 Å². The van der Waals surface area contributed by atoms with Gasteiger partial charge in [-0.3, -0.25) is 4.79 Å². The average Bonchev–Trinajstić information content (AvgIpc) is 2.92. The number of aryl methyl sites for hydroxylation is 2. The van der Waals surface area contributed by atoms with E-state index in [-0.39, 0.29) is 24.0 Å². The highest BCUT2D eigenvalue weighted by Crippen LogP contribution is 2.27. The molecule has 22 heavy (non-hydrogen) atoms. The second-order valence-electron chi connectivity index (χ2n) is 4.61. The van der Waals surface area contributed by atoms with E-state index in [4.69, 9.17) is 0 Å². The van der Waals surface area contributed by atoms with Crippen LogP contribution in [0.1, 0.15) is 38.7 Å². The first-order valence-corrected chi connectivity index (χ1v) is 7.40. The fraction of sp³-hybridized carbons (Fsp3) is 0.357. The molecule has 0 unspecified atom stereocenters. The molecule has 2 rings (SSSR count).